The molecule has 114 valence electrons. The number of nitrogens with one attached hydrogen (secondary N) is 1. The predicted octanol–water partition coefficient (Wildman–Crippen LogP) is 1.38. The van der Waals surface area contributed by atoms with Crippen LogP contribution in [-0.2, 0) is 10.0 Å². The quantitative estimate of drug-likeness (QED) is 0.692. The highest BCUT2D eigenvalue weighted by Crippen LogP contribution is 2.21. The maximum absolute atomic E-state index is 13.5. The third-order valence-electron chi connectivity index (χ3n) is 2.74. The molecule has 0 aromatic heterocycles. The van der Waals surface area contributed by atoms with Gasteiger partial charge in [-0.2, -0.15) is 0 Å². The van der Waals surface area contributed by atoms with Crippen molar-refractivity contribution in [3.63, 3.8) is 0 Å². The van der Waals surface area contributed by atoms with Gasteiger partial charge in [0.1, 0.15) is 4.90 Å². The van der Waals surface area contributed by atoms with Crippen LogP contribution in [0.5, 0.6) is 0 Å². The molecule has 5 nitrogen and oxygen atoms in total. The highest BCUT2D eigenvalue weighted by molar-refractivity contribution is 7.89. The van der Waals surface area contributed by atoms with Crippen LogP contribution >= 0.6 is 0 Å². The maximum Gasteiger partial charge on any atom is 0.243 e. The number of nitrogen functional groups attached to an aromatic ring is 1. The fourth-order valence-corrected chi connectivity index (χ4v) is 3.02. The number of hydrogen-bond donors (Lipinski definition) is 3. The van der Waals surface area contributed by atoms with Gasteiger partial charge < -0.3 is 10.8 Å². The zero-order valence-electron chi connectivity index (χ0n) is 11.3. The van der Waals surface area contributed by atoms with Gasteiger partial charge in [-0.15, -0.1) is 0 Å². The number of aliphatic hydroxyl groups is 1. The molecule has 0 aliphatic carbocycles. The van der Waals surface area contributed by atoms with E-state index in [0.717, 1.165) is 6.07 Å². The van der Waals surface area contributed by atoms with Crippen LogP contribution in [0.3, 0.4) is 0 Å². The van der Waals surface area contributed by atoms with Crippen molar-refractivity contribution in [2.24, 2.45) is 0 Å². The fourth-order valence-electron chi connectivity index (χ4n) is 1.73. The van der Waals surface area contributed by atoms with Gasteiger partial charge in [-0.3, -0.25) is 0 Å². The monoisotopic (exact) mass is 308 g/mol. The van der Waals surface area contributed by atoms with E-state index in [1.54, 1.807) is 0 Å². The lowest BCUT2D eigenvalue weighted by Crippen LogP contribution is -2.40. The zero-order chi connectivity index (χ0) is 15.6. The van der Waals surface area contributed by atoms with Gasteiger partial charge in [-0.25, -0.2) is 21.9 Å². The molecular weight excluding hydrogens is 290 g/mol. The molecule has 0 heterocycles. The SMILES string of the molecule is CCCC(C)(O)CNS(=O)(=O)c1cc(N)cc(F)c1F. The molecule has 4 N–H and O–H groups in total. The summed E-state index contributed by atoms with van der Waals surface area (Å²) in [6.07, 6.45) is 1.01. The maximum atomic E-state index is 13.5. The third-order valence-corrected chi connectivity index (χ3v) is 4.14. The highest BCUT2D eigenvalue weighted by Gasteiger charge is 2.26. The summed E-state index contributed by atoms with van der Waals surface area (Å²) in [5.41, 5.74) is 3.84. The number of nitrogens with two attached hydrogens (primary N) is 1. The van der Waals surface area contributed by atoms with Gasteiger partial charge >= 0.3 is 0 Å². The predicted molar refractivity (Wildman–Crippen MR) is 71.5 cm³/mol. The van der Waals surface area contributed by atoms with Crippen LogP contribution in [0.25, 0.3) is 0 Å². The van der Waals surface area contributed by atoms with Gasteiger partial charge in [0, 0.05) is 12.2 Å². The average Bonchev–Trinajstić information content (AvgIpc) is 2.31. The fraction of sp³-hybridized carbons (Fsp3) is 0.500. The first-order valence-electron chi connectivity index (χ1n) is 6.05. The number of hydrogen-bond acceptors (Lipinski definition) is 4. The van der Waals surface area contributed by atoms with Crippen molar-refractivity contribution in [2.45, 2.75) is 37.2 Å². The van der Waals surface area contributed by atoms with Gasteiger partial charge in [-0.05, 0) is 25.5 Å². The van der Waals surface area contributed by atoms with Crippen molar-refractivity contribution >= 4 is 15.7 Å². The Labute approximate surface area is 116 Å². The van der Waals surface area contributed by atoms with Crippen molar-refractivity contribution < 1.29 is 22.3 Å². The molecule has 0 saturated heterocycles. The van der Waals surface area contributed by atoms with Crippen LogP contribution in [0.4, 0.5) is 14.5 Å². The first kappa shape index (κ1) is 16.8. The summed E-state index contributed by atoms with van der Waals surface area (Å²) >= 11 is 0. The number of halogens is 2. The van der Waals surface area contributed by atoms with E-state index in [2.05, 4.69) is 4.72 Å². The molecule has 0 saturated carbocycles. The lowest BCUT2D eigenvalue weighted by Gasteiger charge is -2.23. The molecule has 1 unspecified atom stereocenters. The Bertz CT molecular complexity index is 589. The molecule has 1 aromatic carbocycles. The number of rotatable bonds is 6. The molecule has 1 aromatic rings. The zero-order valence-corrected chi connectivity index (χ0v) is 12.1. The van der Waals surface area contributed by atoms with Crippen molar-refractivity contribution in [1.82, 2.24) is 4.72 Å². The molecule has 0 aliphatic heterocycles. The Morgan fingerprint density at radius 3 is 2.55 bits per heavy atom. The Balaban J connectivity index is 3.01. The van der Waals surface area contributed by atoms with Crippen LogP contribution in [0, 0.1) is 11.6 Å². The molecule has 0 fully saturated rings. The van der Waals surface area contributed by atoms with Gasteiger partial charge in [0.25, 0.3) is 0 Å². The summed E-state index contributed by atoms with van der Waals surface area (Å²) < 4.78 is 52.6. The molecule has 1 atom stereocenters. The van der Waals surface area contributed by atoms with E-state index in [4.69, 9.17) is 5.73 Å². The number of sulfonamides is 1. The minimum absolute atomic E-state index is 0.204. The molecule has 0 aliphatic rings. The van der Waals surface area contributed by atoms with Crippen molar-refractivity contribution in [3.05, 3.63) is 23.8 Å². The molecule has 0 spiro atoms. The van der Waals surface area contributed by atoms with Crippen LogP contribution in [0.15, 0.2) is 17.0 Å². The first-order chi connectivity index (χ1) is 9.09. The normalized spacial score (nSPS) is 15.1. The summed E-state index contributed by atoms with van der Waals surface area (Å²) in [6, 6.07) is 1.52. The molecule has 0 bridgehead atoms. The van der Waals surface area contributed by atoms with E-state index in [-0.39, 0.29) is 12.2 Å². The second-order valence-corrected chi connectivity index (χ2v) is 6.62. The van der Waals surface area contributed by atoms with Gasteiger partial charge in [0.2, 0.25) is 10.0 Å². The Kier molecular flexibility index (Phi) is 5.06. The third kappa shape index (κ3) is 4.12. The van der Waals surface area contributed by atoms with E-state index in [1.165, 1.54) is 6.92 Å². The Hall–Kier alpha value is -1.25. The van der Waals surface area contributed by atoms with Crippen molar-refractivity contribution in [3.8, 4) is 0 Å². The Morgan fingerprint density at radius 2 is 2.00 bits per heavy atom. The summed E-state index contributed by atoms with van der Waals surface area (Å²) in [6.45, 7) is 2.98. The molecule has 0 amide bonds. The van der Waals surface area contributed by atoms with Crippen LogP contribution in [0.1, 0.15) is 26.7 Å². The van der Waals surface area contributed by atoms with E-state index < -0.39 is 32.2 Å². The minimum Gasteiger partial charge on any atom is -0.399 e. The van der Waals surface area contributed by atoms with Crippen molar-refractivity contribution in [2.75, 3.05) is 12.3 Å². The van der Waals surface area contributed by atoms with Gasteiger partial charge in [0.15, 0.2) is 11.6 Å². The highest BCUT2D eigenvalue weighted by atomic mass is 32.2. The molecule has 0 radical (unpaired) electrons. The van der Waals surface area contributed by atoms with E-state index in [1.807, 2.05) is 6.92 Å². The number of anilines is 1. The van der Waals surface area contributed by atoms with E-state index in [9.17, 15) is 22.3 Å². The standard InChI is InChI=1S/C12H18F2N2O3S/c1-3-4-12(2,17)7-16-20(18,19)10-6-8(15)5-9(13)11(10)14/h5-6,16-17H,3-4,7,15H2,1-2H3. The van der Waals surface area contributed by atoms with Crippen LogP contribution in [0.2, 0.25) is 0 Å². The van der Waals surface area contributed by atoms with E-state index >= 15 is 0 Å². The summed E-state index contributed by atoms with van der Waals surface area (Å²) in [5.74, 6) is -2.84. The molecule has 8 heteroatoms. The summed E-state index contributed by atoms with van der Waals surface area (Å²) in [4.78, 5) is -0.873. The topological polar surface area (TPSA) is 92.4 Å². The van der Waals surface area contributed by atoms with Crippen LogP contribution < -0.4 is 10.5 Å². The second kappa shape index (κ2) is 6.02. The first-order valence-corrected chi connectivity index (χ1v) is 7.54. The second-order valence-electron chi connectivity index (χ2n) is 4.89. The molecule has 20 heavy (non-hydrogen) atoms. The minimum atomic E-state index is -4.29. The molecular formula is C12H18F2N2O3S. The average molecular weight is 308 g/mol. The largest absolute Gasteiger partial charge is 0.399 e. The summed E-state index contributed by atoms with van der Waals surface area (Å²) in [7, 11) is -4.29. The van der Waals surface area contributed by atoms with Crippen molar-refractivity contribution in [1.29, 1.82) is 0 Å². The summed E-state index contributed by atoms with van der Waals surface area (Å²) in [5, 5.41) is 9.88. The lowest BCUT2D eigenvalue weighted by molar-refractivity contribution is 0.0554. The van der Waals surface area contributed by atoms with Gasteiger partial charge in [0.05, 0.1) is 5.60 Å². The van der Waals surface area contributed by atoms with Crippen LogP contribution in [-0.4, -0.2) is 25.7 Å². The van der Waals surface area contributed by atoms with Gasteiger partial charge in [-0.1, -0.05) is 13.3 Å². The molecule has 1 rings (SSSR count). The lowest BCUT2D eigenvalue weighted by atomic mass is 10.0. The Morgan fingerprint density at radius 1 is 1.40 bits per heavy atom. The van der Waals surface area contributed by atoms with E-state index in [0.29, 0.717) is 18.9 Å². The number of benzene rings is 1. The smallest absolute Gasteiger partial charge is 0.243 e.